The number of nitrogen functional groups attached to an aromatic ring is 1. The summed E-state index contributed by atoms with van der Waals surface area (Å²) in [5.74, 6) is 0.907. The molecular formula is C25H26N4O3. The Bertz CT molecular complexity index is 1140. The number of hydrogen-bond acceptors (Lipinski definition) is 5. The largest absolute Gasteiger partial charge is 0.457 e. The van der Waals surface area contributed by atoms with Crippen molar-refractivity contribution in [2.24, 2.45) is 11.7 Å². The molecule has 164 valence electrons. The summed E-state index contributed by atoms with van der Waals surface area (Å²) < 4.78 is 7.49. The zero-order chi connectivity index (χ0) is 22.7. The molecule has 1 aliphatic rings. The second-order valence-corrected chi connectivity index (χ2v) is 7.98. The maximum atomic E-state index is 12.2. The van der Waals surface area contributed by atoms with Crippen molar-refractivity contribution in [3.63, 3.8) is 0 Å². The molecule has 4 rings (SSSR count). The minimum absolute atomic E-state index is 0.0322. The number of primary amides is 1. The lowest BCUT2D eigenvalue weighted by Crippen LogP contribution is -2.25. The first-order valence-electron chi connectivity index (χ1n) is 10.6. The topological polar surface area (TPSA) is 113 Å². The highest BCUT2D eigenvalue weighted by atomic mass is 16.5. The number of anilines is 1. The first-order chi connectivity index (χ1) is 15.5. The summed E-state index contributed by atoms with van der Waals surface area (Å²) >= 11 is 0. The smallest absolute Gasteiger partial charge is 0.254 e. The van der Waals surface area contributed by atoms with Crippen molar-refractivity contribution in [1.29, 1.82) is 0 Å². The monoisotopic (exact) mass is 430 g/mol. The number of hydrogen-bond donors (Lipinski definition) is 2. The van der Waals surface area contributed by atoms with Crippen LogP contribution in [-0.4, -0.2) is 21.5 Å². The van der Waals surface area contributed by atoms with Gasteiger partial charge in [0.2, 0.25) is 0 Å². The molecule has 2 aromatic carbocycles. The summed E-state index contributed by atoms with van der Waals surface area (Å²) in [6.45, 7) is 3.60. The van der Waals surface area contributed by atoms with Crippen LogP contribution in [0.3, 0.4) is 0 Å². The molecule has 1 saturated carbocycles. The van der Waals surface area contributed by atoms with Crippen LogP contribution in [0.25, 0.3) is 11.3 Å². The van der Waals surface area contributed by atoms with Gasteiger partial charge >= 0.3 is 0 Å². The van der Waals surface area contributed by atoms with E-state index < -0.39 is 5.91 Å². The Morgan fingerprint density at radius 3 is 2.41 bits per heavy atom. The second-order valence-electron chi connectivity index (χ2n) is 7.98. The number of nitrogens with two attached hydrogens (primary N) is 2. The van der Waals surface area contributed by atoms with Crippen LogP contribution >= 0.6 is 0 Å². The molecule has 0 bridgehead atoms. The van der Waals surface area contributed by atoms with Gasteiger partial charge in [0, 0.05) is 11.5 Å². The number of carbonyl (C=O) groups is 2. The predicted molar refractivity (Wildman–Crippen MR) is 123 cm³/mol. The fourth-order valence-corrected chi connectivity index (χ4v) is 4.29. The van der Waals surface area contributed by atoms with Crippen LogP contribution in [0.15, 0.2) is 67.3 Å². The summed E-state index contributed by atoms with van der Waals surface area (Å²) in [5, 5.41) is 4.67. The molecule has 1 aliphatic carbocycles. The summed E-state index contributed by atoms with van der Waals surface area (Å²) in [4.78, 5) is 24.4. The van der Waals surface area contributed by atoms with E-state index in [1.54, 1.807) is 4.68 Å². The van der Waals surface area contributed by atoms with Gasteiger partial charge in [-0.3, -0.25) is 9.59 Å². The third-order valence-corrected chi connectivity index (χ3v) is 5.90. The van der Waals surface area contributed by atoms with Crippen molar-refractivity contribution in [3.05, 3.63) is 72.8 Å². The van der Waals surface area contributed by atoms with Crippen LogP contribution in [0.1, 0.15) is 42.1 Å². The van der Waals surface area contributed by atoms with Crippen molar-refractivity contribution in [2.45, 2.75) is 31.7 Å². The van der Waals surface area contributed by atoms with Crippen LogP contribution in [0.2, 0.25) is 0 Å². The number of allylic oxidation sites excluding steroid dienone is 1. The number of para-hydroxylation sites is 1. The Labute approximate surface area is 186 Å². The zero-order valence-corrected chi connectivity index (χ0v) is 17.7. The fourth-order valence-electron chi connectivity index (χ4n) is 4.29. The number of amides is 1. The van der Waals surface area contributed by atoms with Gasteiger partial charge in [-0.15, -0.1) is 0 Å². The molecule has 2 atom stereocenters. The third-order valence-electron chi connectivity index (χ3n) is 5.90. The van der Waals surface area contributed by atoms with Crippen LogP contribution < -0.4 is 16.2 Å². The molecule has 0 saturated heterocycles. The van der Waals surface area contributed by atoms with E-state index in [1.807, 2.05) is 54.6 Å². The van der Waals surface area contributed by atoms with Crippen LogP contribution in [0.5, 0.6) is 11.5 Å². The highest BCUT2D eigenvalue weighted by Crippen LogP contribution is 2.37. The third kappa shape index (κ3) is 4.27. The summed E-state index contributed by atoms with van der Waals surface area (Å²) in [5.41, 5.74) is 13.3. The van der Waals surface area contributed by atoms with E-state index in [1.165, 1.54) is 6.08 Å². The first kappa shape index (κ1) is 21.4. The van der Waals surface area contributed by atoms with E-state index in [4.69, 9.17) is 16.2 Å². The van der Waals surface area contributed by atoms with E-state index >= 15 is 0 Å². The molecule has 1 heterocycles. The van der Waals surface area contributed by atoms with Gasteiger partial charge in [0.05, 0.1) is 6.04 Å². The number of aromatic nitrogens is 2. The highest BCUT2D eigenvalue weighted by molar-refractivity contribution is 6.03. The molecule has 1 amide bonds. The van der Waals surface area contributed by atoms with Gasteiger partial charge in [0.25, 0.3) is 5.91 Å². The molecule has 1 fully saturated rings. The fraction of sp³-hybridized carbons (Fsp3) is 0.240. The quantitative estimate of drug-likeness (QED) is 0.536. The SMILES string of the molecule is C=CC(=O)C1CCC[C@@H](n2nc(-c3ccc(Oc4ccccc4)cc3)c(C(N)=O)c2N)C1. The number of ether oxygens (including phenoxy) is 1. The van der Waals surface area contributed by atoms with Gasteiger partial charge < -0.3 is 16.2 Å². The van der Waals surface area contributed by atoms with Crippen molar-refractivity contribution in [2.75, 3.05) is 5.73 Å². The number of ketones is 1. The average molecular weight is 431 g/mol. The Hall–Kier alpha value is -3.87. The Morgan fingerprint density at radius 1 is 1.06 bits per heavy atom. The second kappa shape index (κ2) is 9.09. The molecule has 4 N–H and O–H groups in total. The summed E-state index contributed by atoms with van der Waals surface area (Å²) in [6.07, 6.45) is 4.51. The lowest BCUT2D eigenvalue weighted by atomic mass is 9.83. The maximum Gasteiger partial charge on any atom is 0.254 e. The van der Waals surface area contributed by atoms with Crippen LogP contribution in [0.4, 0.5) is 5.82 Å². The highest BCUT2D eigenvalue weighted by Gasteiger charge is 2.31. The number of benzene rings is 2. The van der Waals surface area contributed by atoms with Gasteiger partial charge in [-0.25, -0.2) is 4.68 Å². The van der Waals surface area contributed by atoms with Gasteiger partial charge in [0.1, 0.15) is 28.6 Å². The van der Waals surface area contributed by atoms with E-state index in [2.05, 4.69) is 11.7 Å². The summed E-state index contributed by atoms with van der Waals surface area (Å²) in [7, 11) is 0. The van der Waals surface area contributed by atoms with E-state index in [9.17, 15) is 9.59 Å². The molecule has 7 nitrogen and oxygen atoms in total. The van der Waals surface area contributed by atoms with Gasteiger partial charge in [-0.05, 0) is 61.7 Å². The van der Waals surface area contributed by atoms with Crippen LogP contribution in [-0.2, 0) is 4.79 Å². The number of carbonyl (C=O) groups excluding carboxylic acids is 2. The molecule has 3 aromatic rings. The normalized spacial score (nSPS) is 18.1. The lowest BCUT2D eigenvalue weighted by Gasteiger charge is -2.28. The Morgan fingerprint density at radius 2 is 1.75 bits per heavy atom. The Balaban J connectivity index is 1.63. The first-order valence-corrected chi connectivity index (χ1v) is 10.6. The van der Waals surface area contributed by atoms with E-state index in [0.717, 1.165) is 25.0 Å². The van der Waals surface area contributed by atoms with Gasteiger partial charge in [-0.2, -0.15) is 5.10 Å². The van der Waals surface area contributed by atoms with E-state index in [0.29, 0.717) is 23.4 Å². The molecular weight excluding hydrogens is 404 g/mol. The van der Waals surface area contributed by atoms with Crippen molar-refractivity contribution in [1.82, 2.24) is 9.78 Å². The minimum Gasteiger partial charge on any atom is -0.457 e. The van der Waals surface area contributed by atoms with Gasteiger partial charge in [0.15, 0.2) is 5.78 Å². The van der Waals surface area contributed by atoms with E-state index in [-0.39, 0.29) is 29.1 Å². The van der Waals surface area contributed by atoms with Crippen molar-refractivity contribution < 1.29 is 14.3 Å². The maximum absolute atomic E-state index is 12.2. The standard InChI is InChI=1S/C25H26N4O3/c1-2-21(30)17-7-6-8-18(15-17)29-24(26)22(25(27)31)23(28-29)16-11-13-20(14-12-16)32-19-9-4-3-5-10-19/h2-5,9-14,17-18H,1,6-8,15,26H2,(H2,27,31)/t17?,18-/m1/s1. The molecule has 0 spiro atoms. The molecule has 1 aromatic heterocycles. The van der Waals surface area contributed by atoms with Crippen molar-refractivity contribution in [3.8, 4) is 22.8 Å². The lowest BCUT2D eigenvalue weighted by molar-refractivity contribution is -0.119. The van der Waals surface area contributed by atoms with Gasteiger partial charge in [-0.1, -0.05) is 31.2 Å². The minimum atomic E-state index is -0.636. The molecule has 1 unspecified atom stereocenters. The molecule has 32 heavy (non-hydrogen) atoms. The predicted octanol–water partition coefficient (Wildman–Crippen LogP) is 4.51. The summed E-state index contributed by atoms with van der Waals surface area (Å²) in [6, 6.07) is 16.6. The van der Waals surface area contributed by atoms with Crippen molar-refractivity contribution >= 4 is 17.5 Å². The average Bonchev–Trinajstić information content (AvgIpc) is 3.17. The molecule has 0 radical (unpaired) electrons. The Kier molecular flexibility index (Phi) is 6.07. The number of rotatable bonds is 7. The molecule has 0 aliphatic heterocycles. The number of nitrogens with zero attached hydrogens (tertiary/aromatic N) is 2. The molecule has 7 heteroatoms. The zero-order valence-electron chi connectivity index (χ0n) is 17.7. The van der Waals surface area contributed by atoms with Crippen LogP contribution in [0, 0.1) is 5.92 Å².